The van der Waals surface area contributed by atoms with Crippen molar-refractivity contribution in [2.24, 2.45) is 0 Å². The first-order chi connectivity index (χ1) is 22.3. The van der Waals surface area contributed by atoms with Gasteiger partial charge in [-0.15, -0.1) is 12.4 Å². The van der Waals surface area contributed by atoms with Crippen LogP contribution in [0.15, 0.2) is 60.7 Å². The Hall–Kier alpha value is -1.35. The summed E-state index contributed by atoms with van der Waals surface area (Å²) in [6.45, 7) is 9.48. The third-order valence-corrected chi connectivity index (χ3v) is 9.64. The van der Waals surface area contributed by atoms with Gasteiger partial charge in [-0.3, -0.25) is 0 Å². The maximum atomic E-state index is 2.37. The summed E-state index contributed by atoms with van der Waals surface area (Å²) in [5, 5.41) is 0. The quantitative estimate of drug-likeness (QED) is 0.0623. The molecule has 0 heterocycles. The monoisotopic (exact) mass is 673 g/mol. The summed E-state index contributed by atoms with van der Waals surface area (Å²) in [4.78, 5) is 0. The van der Waals surface area contributed by atoms with Crippen molar-refractivity contribution < 1.29 is 8.97 Å². The molecule has 0 spiro atoms. The van der Waals surface area contributed by atoms with E-state index < -0.39 is 0 Å². The van der Waals surface area contributed by atoms with Crippen molar-refractivity contribution in [3.8, 4) is 0 Å². The Bertz CT molecular complexity index is 896. The minimum absolute atomic E-state index is 0. The van der Waals surface area contributed by atoms with E-state index in [-0.39, 0.29) is 12.4 Å². The highest BCUT2D eigenvalue weighted by Crippen LogP contribution is 2.16. The fraction of sp³-hybridized carbons (Fsp3) is 0.727. The Morgan fingerprint density at radius 1 is 0.340 bits per heavy atom. The van der Waals surface area contributed by atoms with Crippen molar-refractivity contribution >= 4 is 12.4 Å². The number of quaternary nitrogens is 2. The normalized spacial score (nSPS) is 11.5. The Labute approximate surface area is 301 Å². The number of hydrogen-bond donors (Lipinski definition) is 0. The summed E-state index contributed by atoms with van der Waals surface area (Å²) >= 11 is 0. The molecule has 0 aliphatic rings. The molecule has 272 valence electrons. The molecule has 0 atom stereocenters. The van der Waals surface area contributed by atoms with Gasteiger partial charge >= 0.3 is 0 Å². The van der Waals surface area contributed by atoms with Gasteiger partial charge < -0.3 is 8.97 Å². The maximum Gasteiger partial charge on any atom is 0.104 e. The lowest BCUT2D eigenvalue weighted by Crippen LogP contribution is -2.39. The van der Waals surface area contributed by atoms with Crippen LogP contribution >= 0.6 is 12.4 Å². The summed E-state index contributed by atoms with van der Waals surface area (Å²) in [7, 11) is 9.46. The van der Waals surface area contributed by atoms with Crippen LogP contribution in [-0.4, -0.2) is 50.2 Å². The van der Waals surface area contributed by atoms with Gasteiger partial charge in [0.05, 0.1) is 41.3 Å². The average Bonchev–Trinajstić information content (AvgIpc) is 3.03. The topological polar surface area (TPSA) is 0 Å². The van der Waals surface area contributed by atoms with Crippen LogP contribution in [0.5, 0.6) is 0 Å². The van der Waals surface area contributed by atoms with E-state index in [4.69, 9.17) is 0 Å². The fourth-order valence-corrected chi connectivity index (χ4v) is 6.72. The van der Waals surface area contributed by atoms with E-state index >= 15 is 0 Å². The second-order valence-corrected chi connectivity index (χ2v) is 15.7. The Balaban J connectivity index is 0.000000885. The SMILES string of the molecule is CCCCCCCCCCCCCC[N+](C)(C)Cc1ccccc1.CCCCCCCCCCCC[N+](C)(C)Cc1ccccc1.Cl. The van der Waals surface area contributed by atoms with E-state index in [1.165, 1.54) is 165 Å². The summed E-state index contributed by atoms with van der Waals surface area (Å²) in [5.41, 5.74) is 2.92. The van der Waals surface area contributed by atoms with Crippen molar-refractivity contribution in [2.45, 2.75) is 168 Å². The minimum atomic E-state index is 0. The van der Waals surface area contributed by atoms with Crippen LogP contribution in [0.2, 0.25) is 0 Å². The lowest BCUT2D eigenvalue weighted by molar-refractivity contribution is -0.903. The zero-order valence-electron chi connectivity index (χ0n) is 32.5. The van der Waals surface area contributed by atoms with Gasteiger partial charge in [0.1, 0.15) is 13.1 Å². The predicted molar refractivity (Wildman–Crippen MR) is 214 cm³/mol. The molecule has 2 nitrogen and oxygen atoms in total. The van der Waals surface area contributed by atoms with Crippen molar-refractivity contribution in [3.63, 3.8) is 0 Å². The Kier molecular flexibility index (Phi) is 29.8. The standard InChI is InChI=1S/C23H42N.C21H38N.ClH/c1-4-5-6-7-8-9-10-11-12-13-14-18-21-24(2,3)22-23-19-16-15-17-20-23;1-4-5-6-7-8-9-10-11-12-16-19-22(2,3)20-21-17-14-13-15-18-21;/h15-17,19-20H,4-14,18,21-22H2,1-3H3;13-15,17-18H,4-12,16,19-20H2,1-3H3;1H/q2*+1;. The van der Waals surface area contributed by atoms with Gasteiger partial charge in [-0.1, -0.05) is 190 Å². The van der Waals surface area contributed by atoms with Crippen LogP contribution in [0, 0.1) is 0 Å². The second kappa shape index (κ2) is 30.7. The molecule has 0 fully saturated rings. The fourth-order valence-electron chi connectivity index (χ4n) is 6.72. The van der Waals surface area contributed by atoms with Crippen molar-refractivity contribution in [3.05, 3.63) is 71.8 Å². The molecule has 2 aromatic rings. The molecule has 0 aromatic heterocycles. The summed E-state index contributed by atoms with van der Waals surface area (Å²) in [6.07, 6.45) is 31.4. The lowest BCUT2D eigenvalue weighted by Gasteiger charge is -2.30. The van der Waals surface area contributed by atoms with Crippen LogP contribution in [0.3, 0.4) is 0 Å². The maximum absolute atomic E-state index is 2.37. The molecular weight excluding hydrogens is 592 g/mol. The molecule has 0 radical (unpaired) electrons. The van der Waals surface area contributed by atoms with E-state index in [2.05, 4.69) is 103 Å². The highest BCUT2D eigenvalue weighted by Gasteiger charge is 2.16. The molecule has 0 amide bonds. The van der Waals surface area contributed by atoms with Crippen LogP contribution in [-0.2, 0) is 13.1 Å². The molecule has 0 unspecified atom stereocenters. The van der Waals surface area contributed by atoms with Gasteiger partial charge in [0, 0.05) is 11.1 Å². The number of nitrogens with zero attached hydrogens (tertiary/aromatic N) is 2. The third kappa shape index (κ3) is 29.3. The van der Waals surface area contributed by atoms with E-state index in [9.17, 15) is 0 Å². The number of halogens is 1. The first-order valence-corrected chi connectivity index (χ1v) is 20.0. The van der Waals surface area contributed by atoms with E-state index in [1.54, 1.807) is 0 Å². The van der Waals surface area contributed by atoms with E-state index in [1.807, 2.05) is 0 Å². The van der Waals surface area contributed by atoms with Gasteiger partial charge in [-0.2, -0.15) is 0 Å². The summed E-state index contributed by atoms with van der Waals surface area (Å²) in [6, 6.07) is 21.8. The zero-order chi connectivity index (χ0) is 33.6. The molecule has 2 aromatic carbocycles. The van der Waals surface area contributed by atoms with Gasteiger partial charge in [0.25, 0.3) is 0 Å². The number of benzene rings is 2. The van der Waals surface area contributed by atoms with Crippen LogP contribution in [0.4, 0.5) is 0 Å². The molecule has 0 bridgehead atoms. The third-order valence-electron chi connectivity index (χ3n) is 9.64. The van der Waals surface area contributed by atoms with Crippen molar-refractivity contribution in [2.75, 3.05) is 41.3 Å². The molecule has 0 saturated heterocycles. The van der Waals surface area contributed by atoms with Crippen molar-refractivity contribution in [1.82, 2.24) is 0 Å². The predicted octanol–water partition coefficient (Wildman–Crippen LogP) is 13.6. The number of hydrogen-bond acceptors (Lipinski definition) is 0. The molecule has 47 heavy (non-hydrogen) atoms. The van der Waals surface area contributed by atoms with E-state index in [0.29, 0.717) is 0 Å². The lowest BCUT2D eigenvalue weighted by atomic mass is 10.1. The highest BCUT2D eigenvalue weighted by molar-refractivity contribution is 5.85. The molecule has 0 aliphatic heterocycles. The summed E-state index contributed by atoms with van der Waals surface area (Å²) < 4.78 is 2.23. The van der Waals surface area contributed by atoms with Gasteiger partial charge in [0.15, 0.2) is 0 Å². The van der Waals surface area contributed by atoms with Crippen LogP contribution in [0.1, 0.15) is 166 Å². The Morgan fingerprint density at radius 3 is 0.830 bits per heavy atom. The molecule has 3 heteroatoms. The average molecular weight is 674 g/mol. The smallest absolute Gasteiger partial charge is 0.104 e. The molecule has 2 rings (SSSR count). The second-order valence-electron chi connectivity index (χ2n) is 15.7. The summed E-state index contributed by atoms with van der Waals surface area (Å²) in [5.74, 6) is 0. The first kappa shape index (κ1) is 45.6. The van der Waals surface area contributed by atoms with Crippen molar-refractivity contribution in [1.29, 1.82) is 0 Å². The first-order valence-electron chi connectivity index (χ1n) is 20.0. The number of rotatable bonds is 28. The van der Waals surface area contributed by atoms with Gasteiger partial charge in [-0.05, 0) is 25.7 Å². The molecule has 0 saturated carbocycles. The largest absolute Gasteiger partial charge is 0.325 e. The minimum Gasteiger partial charge on any atom is -0.325 e. The Morgan fingerprint density at radius 2 is 0.574 bits per heavy atom. The van der Waals surface area contributed by atoms with Gasteiger partial charge in [0.2, 0.25) is 0 Å². The highest BCUT2D eigenvalue weighted by atomic mass is 35.5. The number of unbranched alkanes of at least 4 members (excludes halogenated alkanes) is 20. The molecule has 0 N–H and O–H groups in total. The van der Waals surface area contributed by atoms with E-state index in [0.717, 1.165) is 22.1 Å². The van der Waals surface area contributed by atoms with Crippen LogP contribution in [0.25, 0.3) is 0 Å². The van der Waals surface area contributed by atoms with Crippen LogP contribution < -0.4 is 0 Å². The zero-order valence-corrected chi connectivity index (χ0v) is 33.3. The van der Waals surface area contributed by atoms with Gasteiger partial charge in [-0.25, -0.2) is 0 Å². The molecule has 0 aliphatic carbocycles. The molecular formula is C44H81ClN2+2.